The molecule has 2 aliphatic rings. The van der Waals surface area contributed by atoms with Gasteiger partial charge in [-0.15, -0.1) is 0 Å². The molecule has 0 N–H and O–H groups in total. The van der Waals surface area contributed by atoms with Gasteiger partial charge in [0, 0.05) is 12.4 Å². The number of fused-ring (bicyclic) bond motifs is 5. The van der Waals surface area contributed by atoms with Gasteiger partial charge in [-0.3, -0.25) is 0 Å². The first-order valence-corrected chi connectivity index (χ1v) is 11.8. The summed E-state index contributed by atoms with van der Waals surface area (Å²) in [6.45, 7) is 3.86. The van der Waals surface area contributed by atoms with Crippen LogP contribution in [0.3, 0.4) is 0 Å². The molecule has 1 aliphatic carbocycles. The summed E-state index contributed by atoms with van der Waals surface area (Å²) in [5, 5.41) is 7.73. The van der Waals surface area contributed by atoms with E-state index < -0.39 is 12.2 Å². The van der Waals surface area contributed by atoms with Gasteiger partial charge < -0.3 is 9.47 Å². The van der Waals surface area contributed by atoms with E-state index in [1.54, 1.807) is 37.1 Å². The highest BCUT2D eigenvalue weighted by atomic mass is 16.6. The number of amides is 2. The molecule has 6 nitrogen and oxygen atoms in total. The van der Waals surface area contributed by atoms with Crippen LogP contribution in [0.2, 0.25) is 0 Å². The van der Waals surface area contributed by atoms with Crippen molar-refractivity contribution in [2.45, 2.75) is 39.5 Å². The highest BCUT2D eigenvalue weighted by Gasteiger charge is 2.25. The van der Waals surface area contributed by atoms with Crippen molar-refractivity contribution in [3.05, 3.63) is 84.2 Å². The Balaban J connectivity index is 0.000000163. The van der Waals surface area contributed by atoms with Crippen molar-refractivity contribution in [3.63, 3.8) is 0 Å². The minimum absolute atomic E-state index is 0.240. The van der Waals surface area contributed by atoms with Crippen LogP contribution in [-0.4, -0.2) is 35.4 Å². The predicted molar refractivity (Wildman–Crippen MR) is 134 cm³/mol. The molecule has 1 aliphatic heterocycles. The Morgan fingerprint density at radius 3 is 2.03 bits per heavy atom. The van der Waals surface area contributed by atoms with E-state index >= 15 is 0 Å². The van der Waals surface area contributed by atoms with E-state index in [1.165, 1.54) is 59.6 Å². The predicted octanol–water partition coefficient (Wildman–Crippen LogP) is 6.73. The van der Waals surface area contributed by atoms with E-state index in [4.69, 9.17) is 9.47 Å². The van der Waals surface area contributed by atoms with E-state index in [1.807, 2.05) is 0 Å². The zero-order chi connectivity index (χ0) is 23.9. The van der Waals surface area contributed by atoms with Crippen LogP contribution in [0, 0.1) is 0 Å². The minimum Gasteiger partial charge on any atom is -0.448 e. The van der Waals surface area contributed by atoms with Crippen LogP contribution in [-0.2, 0) is 22.3 Å². The molecule has 0 saturated heterocycles. The third-order valence-electron chi connectivity index (χ3n) is 5.97. The average Bonchev–Trinajstić information content (AvgIpc) is 2.89. The molecule has 6 heteroatoms. The number of benzene rings is 3. The molecule has 34 heavy (non-hydrogen) atoms. The fourth-order valence-corrected chi connectivity index (χ4v) is 4.43. The fourth-order valence-electron chi connectivity index (χ4n) is 4.43. The van der Waals surface area contributed by atoms with E-state index in [2.05, 4.69) is 48.5 Å². The first-order valence-electron chi connectivity index (χ1n) is 11.8. The molecule has 0 radical (unpaired) electrons. The zero-order valence-corrected chi connectivity index (χ0v) is 19.7. The van der Waals surface area contributed by atoms with Gasteiger partial charge >= 0.3 is 12.2 Å². The molecule has 3 aromatic carbocycles. The van der Waals surface area contributed by atoms with E-state index in [-0.39, 0.29) is 13.2 Å². The Labute approximate surface area is 200 Å². The molecule has 176 valence electrons. The van der Waals surface area contributed by atoms with Crippen molar-refractivity contribution in [1.29, 1.82) is 0 Å². The molecule has 1 heterocycles. The maximum atomic E-state index is 11.5. The van der Waals surface area contributed by atoms with Crippen LogP contribution in [0.5, 0.6) is 0 Å². The number of carbonyl (C=O) groups excluding carboxylic acids is 2. The van der Waals surface area contributed by atoms with Gasteiger partial charge in [0.2, 0.25) is 0 Å². The van der Waals surface area contributed by atoms with Crippen LogP contribution in [0.25, 0.3) is 21.5 Å². The highest BCUT2D eigenvalue weighted by Crippen LogP contribution is 2.33. The number of hydrogen-bond acceptors (Lipinski definition) is 4. The number of hydrogen-bond donors (Lipinski definition) is 0. The van der Waals surface area contributed by atoms with Crippen molar-refractivity contribution in [3.8, 4) is 0 Å². The van der Waals surface area contributed by atoms with Gasteiger partial charge in [-0.2, -0.15) is 10.0 Å². The first-order chi connectivity index (χ1) is 16.6. The lowest BCUT2D eigenvalue weighted by atomic mass is 9.86. The third-order valence-corrected chi connectivity index (χ3v) is 5.97. The van der Waals surface area contributed by atoms with Crippen LogP contribution in [0.4, 0.5) is 9.59 Å². The molecule has 3 aromatic rings. The van der Waals surface area contributed by atoms with Crippen molar-refractivity contribution < 1.29 is 19.1 Å². The first kappa shape index (κ1) is 23.4. The summed E-state index contributed by atoms with van der Waals surface area (Å²) >= 11 is 0. The molecule has 0 aromatic heterocycles. The second-order valence-electron chi connectivity index (χ2n) is 8.06. The minimum atomic E-state index is -0.629. The number of ether oxygens (including phenoxy) is 2. The molecule has 0 spiro atoms. The maximum absolute atomic E-state index is 11.5. The number of rotatable bonds is 2. The summed E-state index contributed by atoms with van der Waals surface area (Å²) in [5.41, 5.74) is 3.17. The Kier molecular flexibility index (Phi) is 7.48. The van der Waals surface area contributed by atoms with Gasteiger partial charge in [-0.25, -0.2) is 9.59 Å². The Morgan fingerprint density at radius 1 is 0.735 bits per heavy atom. The van der Waals surface area contributed by atoms with Crippen molar-refractivity contribution in [2.75, 3.05) is 13.2 Å². The summed E-state index contributed by atoms with van der Waals surface area (Å²) in [4.78, 5) is 23.0. The highest BCUT2D eigenvalue weighted by molar-refractivity contribution is 6.08. The Morgan fingerprint density at radius 2 is 1.35 bits per heavy atom. The largest absolute Gasteiger partial charge is 0.448 e. The van der Waals surface area contributed by atoms with Crippen molar-refractivity contribution >= 4 is 33.7 Å². The monoisotopic (exact) mass is 458 g/mol. The topological polar surface area (TPSA) is 59.1 Å². The zero-order valence-electron chi connectivity index (χ0n) is 19.7. The van der Waals surface area contributed by atoms with Crippen LogP contribution >= 0.6 is 0 Å². The van der Waals surface area contributed by atoms with E-state index in [0.29, 0.717) is 0 Å². The molecule has 0 bridgehead atoms. The Bertz CT molecular complexity index is 1220. The molecule has 2 amide bonds. The second-order valence-corrected chi connectivity index (χ2v) is 8.06. The smallest absolute Gasteiger partial charge is 0.433 e. The molecule has 5 rings (SSSR count). The second kappa shape index (κ2) is 10.9. The third kappa shape index (κ3) is 4.91. The van der Waals surface area contributed by atoms with Gasteiger partial charge in [0.25, 0.3) is 0 Å². The summed E-state index contributed by atoms with van der Waals surface area (Å²) < 4.78 is 9.58. The lowest BCUT2D eigenvalue weighted by Crippen LogP contribution is -2.44. The summed E-state index contributed by atoms with van der Waals surface area (Å²) in [5.74, 6) is 0. The standard InChI is InChI=1S/C18H16.C10H14N2O4/c1-3-7-15-13(5-1)9-11-18-16-8-4-2-6-14(16)10-12-17(15)18;1-3-15-9(13)11-7-5-6-8-12(11)10(14)16-4-2/h1,3,5,7,9-12H,2,4,6,8H2;5-8H,3-4H2,1-2H3. The van der Waals surface area contributed by atoms with Gasteiger partial charge in [0.1, 0.15) is 0 Å². The molecular formula is C28H30N2O4. The average molecular weight is 459 g/mol. The molecule has 0 fully saturated rings. The van der Waals surface area contributed by atoms with Gasteiger partial charge in [0.05, 0.1) is 13.2 Å². The number of nitrogens with zero attached hydrogens (tertiary/aromatic N) is 2. The van der Waals surface area contributed by atoms with Crippen molar-refractivity contribution in [1.82, 2.24) is 10.0 Å². The number of carbonyl (C=O) groups is 2. The lowest BCUT2D eigenvalue weighted by Gasteiger charge is -2.29. The quantitative estimate of drug-likeness (QED) is 0.400. The maximum Gasteiger partial charge on any atom is 0.433 e. The number of hydrazine groups is 1. The molecule has 0 atom stereocenters. The summed E-state index contributed by atoms with van der Waals surface area (Å²) in [6.07, 6.45) is 10.0. The van der Waals surface area contributed by atoms with Gasteiger partial charge in [0.15, 0.2) is 0 Å². The normalized spacial score (nSPS) is 14.4. The lowest BCUT2D eigenvalue weighted by molar-refractivity contribution is 0.0305. The van der Waals surface area contributed by atoms with Gasteiger partial charge in [-0.1, -0.05) is 48.5 Å². The summed E-state index contributed by atoms with van der Waals surface area (Å²) in [7, 11) is 0. The van der Waals surface area contributed by atoms with E-state index in [9.17, 15) is 9.59 Å². The molecule has 0 saturated carbocycles. The number of allylic oxidation sites excluding steroid dienone is 2. The van der Waals surface area contributed by atoms with Crippen LogP contribution in [0.1, 0.15) is 37.8 Å². The van der Waals surface area contributed by atoms with Crippen molar-refractivity contribution in [2.24, 2.45) is 0 Å². The van der Waals surface area contributed by atoms with Crippen LogP contribution < -0.4 is 0 Å². The molecular weight excluding hydrogens is 428 g/mol. The fraction of sp³-hybridized carbons (Fsp3) is 0.286. The molecule has 0 unspecified atom stereocenters. The van der Waals surface area contributed by atoms with Gasteiger partial charge in [-0.05, 0) is 84.4 Å². The van der Waals surface area contributed by atoms with Crippen LogP contribution in [0.15, 0.2) is 73.1 Å². The van der Waals surface area contributed by atoms with E-state index in [0.717, 1.165) is 10.0 Å². The number of aryl methyl sites for hydroxylation is 2. The summed E-state index contributed by atoms with van der Waals surface area (Å²) in [6, 6.07) is 18.0. The SMILES string of the molecule is CCOC(=O)N1C=CC=CN1C(=O)OCC.c1ccc2c(c1)ccc1c3c(ccc12)CCCC3. The Hall–Kier alpha value is -3.80.